The quantitative estimate of drug-likeness (QED) is 0.139. The number of hydrazone groups is 1. The summed E-state index contributed by atoms with van der Waals surface area (Å²) in [5.41, 5.74) is 16.2. The maximum Gasteiger partial charge on any atom is 0.255 e. The van der Waals surface area contributed by atoms with E-state index in [4.69, 9.17) is 22.1 Å². The van der Waals surface area contributed by atoms with E-state index in [1.807, 2.05) is 44.0 Å². The van der Waals surface area contributed by atoms with Crippen LogP contribution < -0.4 is 21.8 Å². The first kappa shape index (κ1) is 33.1. The van der Waals surface area contributed by atoms with E-state index in [1.54, 1.807) is 48.7 Å². The number of aryl methyl sites for hydroxylation is 1. The molecule has 5 N–H and O–H groups in total. The number of anilines is 3. The fourth-order valence-electron chi connectivity index (χ4n) is 4.15. The van der Waals surface area contributed by atoms with Gasteiger partial charge in [0.05, 0.1) is 27.0 Å². The number of rotatable bonds is 6. The zero-order valence-electron chi connectivity index (χ0n) is 23.8. The number of sulfone groups is 1. The highest BCUT2D eigenvalue weighted by Gasteiger charge is 2.24. The fraction of sp³-hybridized carbons (Fsp3) is 0.233. The van der Waals surface area contributed by atoms with Crippen LogP contribution >= 0.6 is 11.6 Å². The normalized spacial score (nSPS) is 12.3. The molecule has 3 aromatic rings. The van der Waals surface area contributed by atoms with Gasteiger partial charge in [-0.2, -0.15) is 5.10 Å². The first-order chi connectivity index (χ1) is 19.5. The number of halogens is 1. The number of nitrogens with two attached hydrogens (primary N) is 2. The number of hydrogen-bond acceptors (Lipinski definition) is 7. The Morgan fingerprint density at radius 3 is 2.24 bits per heavy atom. The summed E-state index contributed by atoms with van der Waals surface area (Å²) >= 11 is 5.98. The summed E-state index contributed by atoms with van der Waals surface area (Å²) in [7, 11) is -3.31. The number of nitrogens with one attached hydrogen (secondary N) is 1. The van der Waals surface area contributed by atoms with Gasteiger partial charge in [-0.25, -0.2) is 13.4 Å². The van der Waals surface area contributed by atoms with Gasteiger partial charge in [0, 0.05) is 29.3 Å². The first-order valence-electron chi connectivity index (χ1n) is 12.9. The Morgan fingerprint density at radius 1 is 1.05 bits per heavy atom. The fourth-order valence-corrected chi connectivity index (χ4v) is 4.90. The van der Waals surface area contributed by atoms with Crippen molar-refractivity contribution >= 4 is 62.7 Å². The summed E-state index contributed by atoms with van der Waals surface area (Å²) in [4.78, 5) is 21.7. The third-order valence-electron chi connectivity index (χ3n) is 6.01. The minimum Gasteiger partial charge on any atom is -0.398 e. The molecule has 0 aromatic heterocycles. The van der Waals surface area contributed by atoms with Crippen molar-refractivity contribution in [1.29, 1.82) is 0 Å². The molecular weight excluding hydrogens is 562 g/mol. The van der Waals surface area contributed by atoms with E-state index in [1.165, 1.54) is 6.26 Å². The molecule has 0 spiro atoms. The van der Waals surface area contributed by atoms with Crippen LogP contribution in [0.1, 0.15) is 55.6 Å². The molecule has 0 saturated heterocycles. The molecule has 41 heavy (non-hydrogen) atoms. The van der Waals surface area contributed by atoms with E-state index in [0.29, 0.717) is 22.0 Å². The average Bonchev–Trinajstić information content (AvgIpc) is 2.94. The number of benzene rings is 3. The predicted molar refractivity (Wildman–Crippen MR) is 169 cm³/mol. The lowest BCUT2D eigenvalue weighted by Gasteiger charge is -2.30. The lowest BCUT2D eigenvalue weighted by atomic mass is 9.89. The molecule has 0 heterocycles. The monoisotopic (exact) mass is 597 g/mol. The summed E-state index contributed by atoms with van der Waals surface area (Å²) in [5.74, 6) is -0.295. The van der Waals surface area contributed by atoms with Gasteiger partial charge in [-0.15, -0.1) is 0 Å². The lowest BCUT2D eigenvalue weighted by molar-refractivity contribution is -0.106. The van der Waals surface area contributed by atoms with Gasteiger partial charge in [-0.05, 0) is 92.4 Å². The third-order valence-corrected chi connectivity index (χ3v) is 7.48. The summed E-state index contributed by atoms with van der Waals surface area (Å²) in [6.07, 6.45) is 4.84. The van der Waals surface area contributed by atoms with Crippen molar-refractivity contribution in [2.75, 3.05) is 22.3 Å². The van der Waals surface area contributed by atoms with Crippen molar-refractivity contribution in [3.8, 4) is 0 Å². The van der Waals surface area contributed by atoms with Crippen molar-refractivity contribution in [2.24, 2.45) is 10.8 Å². The zero-order chi connectivity index (χ0) is 30.7. The van der Waals surface area contributed by atoms with Crippen LogP contribution in [0, 0.1) is 0 Å². The smallest absolute Gasteiger partial charge is 0.255 e. The number of hydrogen-bond donors (Lipinski definition) is 3. The number of allylic oxidation sites excluding steroid dienone is 1. The van der Waals surface area contributed by atoms with Crippen LogP contribution in [0.15, 0.2) is 76.2 Å². The Kier molecular flexibility index (Phi) is 12.1. The molecule has 3 aromatic carbocycles. The molecule has 4 rings (SSSR count). The van der Waals surface area contributed by atoms with Gasteiger partial charge in [-0.1, -0.05) is 31.5 Å². The van der Waals surface area contributed by atoms with E-state index in [9.17, 15) is 13.2 Å². The number of carbonyl (C=O) groups is 2. The molecule has 218 valence electrons. The average molecular weight is 598 g/mol. The molecular formula is C30H36ClN5O4S. The second-order valence-electron chi connectivity index (χ2n) is 8.78. The molecule has 0 aliphatic heterocycles. The van der Waals surface area contributed by atoms with Crippen molar-refractivity contribution < 1.29 is 18.0 Å². The Hall–Kier alpha value is -4.15. The van der Waals surface area contributed by atoms with Crippen LogP contribution in [0.5, 0.6) is 0 Å². The van der Waals surface area contributed by atoms with Crippen molar-refractivity contribution in [1.82, 2.24) is 0 Å². The minimum atomic E-state index is -3.31. The Labute approximate surface area is 246 Å². The minimum absolute atomic E-state index is 0.245. The third kappa shape index (κ3) is 8.42. The molecule has 1 aliphatic carbocycles. The second-order valence-corrected chi connectivity index (χ2v) is 11.2. The predicted octanol–water partition coefficient (Wildman–Crippen LogP) is 5.90. The van der Waals surface area contributed by atoms with Gasteiger partial charge in [-0.3, -0.25) is 9.59 Å². The van der Waals surface area contributed by atoms with E-state index < -0.39 is 9.84 Å². The number of primary amides is 1. The molecule has 0 radical (unpaired) electrons. The summed E-state index contributed by atoms with van der Waals surface area (Å²) in [6.45, 7) is 7.88. The highest BCUT2D eigenvalue weighted by molar-refractivity contribution is 7.90. The van der Waals surface area contributed by atoms with Gasteiger partial charge in [0.2, 0.25) is 6.41 Å². The molecule has 0 unspecified atom stereocenters. The number of fused-ring (bicyclic) bond motifs is 1. The number of nitrogens with zero attached hydrogens (tertiary/aromatic N) is 2. The van der Waals surface area contributed by atoms with Gasteiger partial charge < -0.3 is 16.8 Å². The SMILES string of the molecule is C/C=N/N(C1=C(C)CCc2ccc(NC(=O)c3ccc(Cl)c(N)c3)cc21)c1ccc(S(C)(=O)=O)cc1.CC.NC=O. The second kappa shape index (κ2) is 15.0. The van der Waals surface area contributed by atoms with Gasteiger partial charge in [0.1, 0.15) is 0 Å². The van der Waals surface area contributed by atoms with Crippen molar-refractivity contribution in [2.45, 2.75) is 45.4 Å². The van der Waals surface area contributed by atoms with Crippen LogP contribution in [-0.2, 0) is 21.1 Å². The molecule has 1 aliphatic rings. The van der Waals surface area contributed by atoms with E-state index >= 15 is 0 Å². The number of carbonyl (C=O) groups excluding carboxylic acids is 2. The van der Waals surface area contributed by atoms with Crippen LogP contribution in [0.25, 0.3) is 5.70 Å². The summed E-state index contributed by atoms with van der Waals surface area (Å²) < 4.78 is 23.8. The summed E-state index contributed by atoms with van der Waals surface area (Å²) in [5, 5.41) is 9.75. The Morgan fingerprint density at radius 2 is 1.68 bits per heavy atom. The molecule has 0 atom stereocenters. The first-order valence-corrected chi connectivity index (χ1v) is 15.2. The number of amides is 2. The van der Waals surface area contributed by atoms with E-state index in [0.717, 1.165) is 40.9 Å². The van der Waals surface area contributed by atoms with Crippen molar-refractivity contribution in [3.63, 3.8) is 0 Å². The largest absolute Gasteiger partial charge is 0.398 e. The number of nitrogen functional groups attached to an aromatic ring is 1. The van der Waals surface area contributed by atoms with Crippen LogP contribution in [0.3, 0.4) is 0 Å². The van der Waals surface area contributed by atoms with Gasteiger partial charge in [0.25, 0.3) is 5.91 Å². The highest BCUT2D eigenvalue weighted by atomic mass is 35.5. The molecule has 9 nitrogen and oxygen atoms in total. The standard InChI is InChI=1S/C27H27ClN4O3S.C2H6.CH3NO/c1-4-30-32(21-10-12-22(13-11-21)36(3,34)35)26-17(2)5-6-18-7-9-20(16-23(18)26)31-27(33)19-8-14-24(28)25(29)15-19;1-2;2-1-3/h4,7-16H,5-6,29H2,1-3H3,(H,31,33);1-2H3;1H,(H2,2,3)/b30-4+;;. The van der Waals surface area contributed by atoms with Crippen LogP contribution in [0.2, 0.25) is 5.02 Å². The maximum absolute atomic E-state index is 12.9. The van der Waals surface area contributed by atoms with Gasteiger partial charge >= 0.3 is 0 Å². The van der Waals surface area contributed by atoms with E-state index in [-0.39, 0.29) is 17.2 Å². The lowest BCUT2D eigenvalue weighted by Crippen LogP contribution is -2.21. The summed E-state index contributed by atoms with van der Waals surface area (Å²) in [6, 6.07) is 17.2. The molecule has 11 heteroatoms. The van der Waals surface area contributed by atoms with Crippen molar-refractivity contribution in [3.05, 3.63) is 87.9 Å². The highest BCUT2D eigenvalue weighted by Crippen LogP contribution is 2.38. The maximum atomic E-state index is 12.9. The molecule has 2 amide bonds. The Bertz CT molecular complexity index is 1550. The van der Waals surface area contributed by atoms with Crippen LogP contribution in [-0.4, -0.2) is 33.2 Å². The topological polar surface area (TPSA) is 148 Å². The zero-order valence-corrected chi connectivity index (χ0v) is 25.4. The van der Waals surface area contributed by atoms with Crippen LogP contribution in [0.4, 0.5) is 17.1 Å². The molecule has 0 saturated carbocycles. The van der Waals surface area contributed by atoms with Gasteiger partial charge in [0.15, 0.2) is 9.84 Å². The molecule has 0 fully saturated rings. The Balaban J connectivity index is 0.00000110. The molecule has 0 bridgehead atoms. The van der Waals surface area contributed by atoms with E-state index in [2.05, 4.69) is 23.1 Å².